The number of methoxy groups -OCH3 is 1. The lowest BCUT2D eigenvalue weighted by atomic mass is 10.1. The lowest BCUT2D eigenvalue weighted by molar-refractivity contribution is -0.0504. The maximum atomic E-state index is 12.5. The van der Waals surface area contributed by atoms with Crippen molar-refractivity contribution in [3.63, 3.8) is 0 Å². The van der Waals surface area contributed by atoms with E-state index >= 15 is 0 Å². The van der Waals surface area contributed by atoms with Gasteiger partial charge in [0.1, 0.15) is 17.5 Å². The molecular weight excluding hydrogens is 334 g/mol. The molecule has 1 fully saturated rings. The van der Waals surface area contributed by atoms with Crippen molar-refractivity contribution >= 4 is 5.97 Å². The summed E-state index contributed by atoms with van der Waals surface area (Å²) in [5.74, 6) is -0.978. The van der Waals surface area contributed by atoms with E-state index in [4.69, 9.17) is 4.74 Å². The Morgan fingerprint density at radius 1 is 1.36 bits per heavy atom. The van der Waals surface area contributed by atoms with Crippen LogP contribution < -0.4 is 4.74 Å². The molecule has 1 aliphatic heterocycles. The van der Waals surface area contributed by atoms with E-state index in [1.54, 1.807) is 23.1 Å². The number of ether oxygens (including phenoxy) is 3. The van der Waals surface area contributed by atoms with Gasteiger partial charge in [-0.2, -0.15) is 13.9 Å². The Bertz CT molecular complexity index is 742. The molecule has 0 saturated carbocycles. The van der Waals surface area contributed by atoms with Crippen LogP contribution in [-0.4, -0.2) is 36.1 Å². The number of benzene rings is 1. The summed E-state index contributed by atoms with van der Waals surface area (Å²) in [5, 5.41) is 4.31. The van der Waals surface area contributed by atoms with Crippen molar-refractivity contribution in [1.82, 2.24) is 9.78 Å². The number of alkyl halides is 2. The molecule has 1 aromatic heterocycles. The number of halogens is 2. The van der Waals surface area contributed by atoms with Crippen molar-refractivity contribution in [3.05, 3.63) is 36.2 Å². The normalized spacial score (nSPS) is 17.5. The summed E-state index contributed by atoms with van der Waals surface area (Å²) in [5.41, 5.74) is 1.31. The molecule has 2 heterocycles. The van der Waals surface area contributed by atoms with Gasteiger partial charge in [0.25, 0.3) is 0 Å². The van der Waals surface area contributed by atoms with Crippen LogP contribution in [0.5, 0.6) is 5.75 Å². The number of nitrogens with zero attached hydrogens (tertiary/aromatic N) is 2. The third-order valence-corrected chi connectivity index (χ3v) is 3.99. The molecule has 25 heavy (non-hydrogen) atoms. The molecule has 0 bridgehead atoms. The monoisotopic (exact) mass is 352 g/mol. The van der Waals surface area contributed by atoms with E-state index in [0.29, 0.717) is 12.2 Å². The average Bonchev–Trinajstić information content (AvgIpc) is 3.12. The first-order valence-corrected chi connectivity index (χ1v) is 7.92. The lowest BCUT2D eigenvalue weighted by Crippen LogP contribution is -2.18. The number of rotatable bonds is 5. The standard InChI is InChI=1S/C17H18F2N2O4/c1-23-16(22)13-8-11(5-6-14(13)25-17(18)19)12-9-20-21(10-12)15-4-2-3-7-24-15/h5-6,8-10,15,17H,2-4,7H2,1H3. The van der Waals surface area contributed by atoms with Crippen molar-refractivity contribution in [2.75, 3.05) is 13.7 Å². The van der Waals surface area contributed by atoms with Crippen molar-refractivity contribution in [3.8, 4) is 16.9 Å². The van der Waals surface area contributed by atoms with E-state index < -0.39 is 12.6 Å². The van der Waals surface area contributed by atoms with Gasteiger partial charge in [-0.3, -0.25) is 0 Å². The zero-order chi connectivity index (χ0) is 17.8. The van der Waals surface area contributed by atoms with Gasteiger partial charge < -0.3 is 14.2 Å². The fourth-order valence-electron chi connectivity index (χ4n) is 2.75. The van der Waals surface area contributed by atoms with Crippen molar-refractivity contribution in [2.24, 2.45) is 0 Å². The minimum atomic E-state index is -3.03. The van der Waals surface area contributed by atoms with E-state index in [2.05, 4.69) is 14.6 Å². The fraction of sp³-hybridized carbons (Fsp3) is 0.412. The predicted octanol–water partition coefficient (Wildman–Crippen LogP) is 3.64. The molecule has 1 aliphatic rings. The first-order chi connectivity index (χ1) is 12.1. The highest BCUT2D eigenvalue weighted by Gasteiger charge is 2.20. The SMILES string of the molecule is COC(=O)c1cc(-c2cnn(C3CCCCO3)c2)ccc1OC(F)F. The Morgan fingerprint density at radius 3 is 2.88 bits per heavy atom. The third-order valence-electron chi connectivity index (χ3n) is 3.99. The average molecular weight is 352 g/mol. The maximum Gasteiger partial charge on any atom is 0.387 e. The summed E-state index contributed by atoms with van der Waals surface area (Å²) >= 11 is 0. The summed E-state index contributed by atoms with van der Waals surface area (Å²) in [6, 6.07) is 4.36. The minimum absolute atomic E-state index is 0.0676. The lowest BCUT2D eigenvalue weighted by Gasteiger charge is -2.22. The van der Waals surface area contributed by atoms with Crippen molar-refractivity contribution in [1.29, 1.82) is 0 Å². The first kappa shape index (κ1) is 17.3. The summed E-state index contributed by atoms with van der Waals surface area (Å²) in [6.07, 6.45) is 6.34. The molecule has 1 unspecified atom stereocenters. The zero-order valence-corrected chi connectivity index (χ0v) is 13.7. The molecule has 1 atom stereocenters. The molecule has 0 radical (unpaired) electrons. The van der Waals surface area contributed by atoms with Crippen LogP contribution in [0.1, 0.15) is 35.8 Å². The quantitative estimate of drug-likeness (QED) is 0.769. The second kappa shape index (κ2) is 7.60. The predicted molar refractivity (Wildman–Crippen MR) is 84.5 cm³/mol. The van der Waals surface area contributed by atoms with Crippen molar-refractivity contribution < 1.29 is 27.8 Å². The molecular formula is C17H18F2N2O4. The van der Waals surface area contributed by atoms with Gasteiger partial charge in [0.05, 0.1) is 13.3 Å². The van der Waals surface area contributed by atoms with Crippen LogP contribution in [-0.2, 0) is 9.47 Å². The van der Waals surface area contributed by atoms with Crippen LogP contribution in [0, 0.1) is 0 Å². The number of carbonyl (C=O) groups excluding carboxylic acids is 1. The van der Waals surface area contributed by atoms with Crippen LogP contribution in [0.25, 0.3) is 11.1 Å². The van der Waals surface area contributed by atoms with Gasteiger partial charge in [-0.25, -0.2) is 9.48 Å². The van der Waals surface area contributed by atoms with Gasteiger partial charge in [-0.15, -0.1) is 0 Å². The Morgan fingerprint density at radius 2 is 2.20 bits per heavy atom. The molecule has 1 saturated heterocycles. The number of aromatic nitrogens is 2. The number of carbonyl (C=O) groups is 1. The molecule has 6 nitrogen and oxygen atoms in total. The Balaban J connectivity index is 1.89. The Labute approximate surface area is 143 Å². The molecule has 3 rings (SSSR count). The minimum Gasteiger partial charge on any atom is -0.465 e. The Hall–Kier alpha value is -2.48. The number of hydrogen-bond acceptors (Lipinski definition) is 5. The topological polar surface area (TPSA) is 62.6 Å². The van der Waals surface area contributed by atoms with Gasteiger partial charge in [-0.1, -0.05) is 6.07 Å². The van der Waals surface area contributed by atoms with Crippen LogP contribution in [0.2, 0.25) is 0 Å². The number of esters is 1. The second-order valence-corrected chi connectivity index (χ2v) is 5.61. The zero-order valence-electron chi connectivity index (χ0n) is 13.7. The molecule has 0 amide bonds. The van der Waals surface area contributed by atoms with Gasteiger partial charge in [0.2, 0.25) is 0 Å². The van der Waals surface area contributed by atoms with Crippen LogP contribution in [0.4, 0.5) is 8.78 Å². The van der Waals surface area contributed by atoms with E-state index in [9.17, 15) is 13.6 Å². The highest BCUT2D eigenvalue weighted by molar-refractivity contribution is 5.94. The molecule has 1 aromatic carbocycles. The van der Waals surface area contributed by atoms with Crippen LogP contribution in [0.15, 0.2) is 30.6 Å². The van der Waals surface area contributed by atoms with Gasteiger partial charge in [-0.05, 0) is 37.0 Å². The molecule has 0 spiro atoms. The van der Waals surface area contributed by atoms with Crippen LogP contribution in [0.3, 0.4) is 0 Å². The van der Waals surface area contributed by atoms with E-state index in [1.165, 1.54) is 19.2 Å². The van der Waals surface area contributed by atoms with Gasteiger partial charge in [0.15, 0.2) is 0 Å². The highest BCUT2D eigenvalue weighted by Crippen LogP contribution is 2.30. The summed E-state index contributed by atoms with van der Waals surface area (Å²) < 4.78 is 41.4. The second-order valence-electron chi connectivity index (χ2n) is 5.61. The van der Waals surface area contributed by atoms with Crippen molar-refractivity contribution in [2.45, 2.75) is 32.1 Å². The maximum absolute atomic E-state index is 12.5. The molecule has 8 heteroatoms. The Kier molecular flexibility index (Phi) is 5.28. The third kappa shape index (κ3) is 3.96. The van der Waals surface area contributed by atoms with E-state index in [-0.39, 0.29) is 17.5 Å². The largest absolute Gasteiger partial charge is 0.465 e. The summed E-state index contributed by atoms with van der Waals surface area (Å²) in [6.45, 7) is -2.33. The fourth-order valence-corrected chi connectivity index (χ4v) is 2.75. The van der Waals surface area contributed by atoms with Gasteiger partial charge in [0, 0.05) is 18.4 Å². The highest BCUT2D eigenvalue weighted by atomic mass is 19.3. The molecule has 0 aliphatic carbocycles. The smallest absolute Gasteiger partial charge is 0.387 e. The van der Waals surface area contributed by atoms with Crippen LogP contribution >= 0.6 is 0 Å². The number of hydrogen-bond donors (Lipinski definition) is 0. The summed E-state index contributed by atoms with van der Waals surface area (Å²) in [7, 11) is 1.18. The van der Waals surface area contributed by atoms with E-state index in [0.717, 1.165) is 24.8 Å². The molecule has 2 aromatic rings. The molecule has 134 valence electrons. The van der Waals surface area contributed by atoms with Gasteiger partial charge >= 0.3 is 12.6 Å². The first-order valence-electron chi connectivity index (χ1n) is 7.92. The molecule has 0 N–H and O–H groups in total. The van der Waals surface area contributed by atoms with E-state index in [1.807, 2.05) is 0 Å². The summed E-state index contributed by atoms with van der Waals surface area (Å²) in [4.78, 5) is 11.9.